The Balaban J connectivity index is 1.65. The number of nitrogens with one attached hydrogen (secondary N) is 1. The van der Waals surface area contributed by atoms with Crippen LogP contribution in [0.3, 0.4) is 0 Å². The third kappa shape index (κ3) is 5.07. The fraction of sp³-hybridized carbons (Fsp3) is 0.0741. The summed E-state index contributed by atoms with van der Waals surface area (Å²) in [5.41, 5.74) is 6.13. The molecule has 0 aliphatic carbocycles. The number of fused-ring (bicyclic) bond motifs is 1. The molecule has 33 heavy (non-hydrogen) atoms. The molecule has 4 rings (SSSR count). The normalized spacial score (nSPS) is 11.2. The molecule has 1 aromatic heterocycles. The summed E-state index contributed by atoms with van der Waals surface area (Å²) in [5, 5.41) is 4.79. The zero-order chi connectivity index (χ0) is 23.0. The minimum Gasteiger partial charge on any atom is -0.497 e. The van der Waals surface area contributed by atoms with Gasteiger partial charge in [0.05, 0.1) is 31.0 Å². The summed E-state index contributed by atoms with van der Waals surface area (Å²) in [6.07, 6.45) is 5.22. The molecule has 0 radical (unpaired) electrons. The number of hydrazone groups is 1. The van der Waals surface area contributed by atoms with Crippen LogP contribution in [0, 0.1) is 0 Å². The number of para-hydroxylation sites is 1. The van der Waals surface area contributed by atoms with E-state index in [1.54, 1.807) is 32.6 Å². The van der Waals surface area contributed by atoms with Crippen LogP contribution in [0.2, 0.25) is 0 Å². The zero-order valence-corrected chi connectivity index (χ0v) is 18.4. The average molecular weight is 437 g/mol. The van der Waals surface area contributed by atoms with Gasteiger partial charge in [-0.1, -0.05) is 54.6 Å². The number of rotatable bonds is 7. The maximum atomic E-state index is 13.0. The number of carbonyl (C=O) groups is 1. The first-order chi connectivity index (χ1) is 16.2. The van der Waals surface area contributed by atoms with Crippen LogP contribution in [0.25, 0.3) is 28.2 Å². The predicted molar refractivity (Wildman–Crippen MR) is 132 cm³/mol. The van der Waals surface area contributed by atoms with Gasteiger partial charge < -0.3 is 9.47 Å². The third-order valence-electron chi connectivity index (χ3n) is 5.06. The molecule has 1 N–H and O–H groups in total. The van der Waals surface area contributed by atoms with Crippen LogP contribution in [0.5, 0.6) is 11.5 Å². The van der Waals surface area contributed by atoms with Crippen LogP contribution in [0.15, 0.2) is 90.0 Å². The molecule has 6 heteroatoms. The largest absolute Gasteiger partial charge is 0.497 e. The van der Waals surface area contributed by atoms with E-state index in [1.165, 1.54) is 0 Å². The van der Waals surface area contributed by atoms with Crippen molar-refractivity contribution >= 4 is 29.1 Å². The fourth-order valence-corrected chi connectivity index (χ4v) is 3.43. The maximum absolute atomic E-state index is 13.0. The summed E-state index contributed by atoms with van der Waals surface area (Å²) in [7, 11) is 3.19. The van der Waals surface area contributed by atoms with Crippen molar-refractivity contribution in [3.8, 4) is 22.8 Å². The molecule has 0 fully saturated rings. The van der Waals surface area contributed by atoms with Crippen LogP contribution >= 0.6 is 0 Å². The smallest absolute Gasteiger partial charge is 0.272 e. The number of pyridine rings is 1. The van der Waals surface area contributed by atoms with Crippen molar-refractivity contribution in [1.82, 2.24) is 10.4 Å². The van der Waals surface area contributed by atoms with E-state index >= 15 is 0 Å². The van der Waals surface area contributed by atoms with Crippen molar-refractivity contribution < 1.29 is 14.3 Å². The summed E-state index contributed by atoms with van der Waals surface area (Å²) in [5.74, 6) is 0.969. The molecule has 4 aromatic rings. The molecule has 0 aliphatic heterocycles. The van der Waals surface area contributed by atoms with Gasteiger partial charge in [0.1, 0.15) is 11.5 Å². The summed E-state index contributed by atoms with van der Waals surface area (Å²) < 4.78 is 10.9. The van der Waals surface area contributed by atoms with Gasteiger partial charge in [-0.25, -0.2) is 10.4 Å². The molecule has 0 atom stereocenters. The van der Waals surface area contributed by atoms with Crippen molar-refractivity contribution in [3.05, 3.63) is 96.1 Å². The van der Waals surface area contributed by atoms with E-state index in [0.717, 1.165) is 16.5 Å². The van der Waals surface area contributed by atoms with E-state index < -0.39 is 0 Å². The van der Waals surface area contributed by atoms with Gasteiger partial charge in [-0.15, -0.1) is 0 Å². The Kier molecular flexibility index (Phi) is 6.75. The van der Waals surface area contributed by atoms with Crippen LogP contribution in [-0.2, 0) is 0 Å². The second-order valence-electron chi connectivity index (χ2n) is 7.13. The number of hydrogen-bond acceptors (Lipinski definition) is 5. The lowest BCUT2D eigenvalue weighted by Gasteiger charge is -2.13. The first-order valence-electron chi connectivity index (χ1n) is 10.4. The zero-order valence-electron chi connectivity index (χ0n) is 18.4. The third-order valence-corrected chi connectivity index (χ3v) is 5.06. The number of hydrogen-bond donors (Lipinski definition) is 1. The Hall–Kier alpha value is -4.45. The molecular weight excluding hydrogens is 414 g/mol. The van der Waals surface area contributed by atoms with Crippen LogP contribution in [0.1, 0.15) is 15.9 Å². The van der Waals surface area contributed by atoms with Gasteiger partial charge in [-0.2, -0.15) is 5.10 Å². The van der Waals surface area contributed by atoms with Crippen molar-refractivity contribution in [1.29, 1.82) is 0 Å². The average Bonchev–Trinajstić information content (AvgIpc) is 2.87. The Morgan fingerprint density at radius 1 is 0.939 bits per heavy atom. The number of allylic oxidation sites excluding steroid dienone is 1. The van der Waals surface area contributed by atoms with Gasteiger partial charge in [0.15, 0.2) is 0 Å². The predicted octanol–water partition coefficient (Wildman–Crippen LogP) is 5.35. The summed E-state index contributed by atoms with van der Waals surface area (Å²) in [6.45, 7) is 0. The molecule has 1 heterocycles. The summed E-state index contributed by atoms with van der Waals surface area (Å²) in [6, 6.07) is 24.5. The maximum Gasteiger partial charge on any atom is 0.272 e. The van der Waals surface area contributed by atoms with Crippen molar-refractivity contribution in [3.63, 3.8) is 0 Å². The molecule has 0 spiro atoms. The molecule has 0 saturated carbocycles. The molecule has 6 nitrogen and oxygen atoms in total. The Labute approximate surface area is 192 Å². The topological polar surface area (TPSA) is 72.8 Å². The molecule has 0 unspecified atom stereocenters. The standard InChI is InChI=1S/C27H23N3O3/c1-32-20-14-15-26(33-2)23(17-20)25-18-22(21-12-6-7-13-24(21)29-25)27(31)30-28-16-8-11-19-9-4-3-5-10-19/h3-18H,1-2H3,(H,30,31)/b11-8+,28-16+. The van der Waals surface area contributed by atoms with Gasteiger partial charge >= 0.3 is 0 Å². The highest BCUT2D eigenvalue weighted by atomic mass is 16.5. The highest BCUT2D eigenvalue weighted by Crippen LogP contribution is 2.34. The van der Waals surface area contributed by atoms with E-state index in [0.29, 0.717) is 28.3 Å². The summed E-state index contributed by atoms with van der Waals surface area (Å²) in [4.78, 5) is 17.8. The van der Waals surface area contributed by atoms with Crippen molar-refractivity contribution in [2.24, 2.45) is 5.10 Å². The first-order valence-corrected chi connectivity index (χ1v) is 10.4. The van der Waals surface area contributed by atoms with Gasteiger partial charge in [-0.05, 0) is 42.0 Å². The van der Waals surface area contributed by atoms with Crippen LogP contribution < -0.4 is 14.9 Å². The van der Waals surface area contributed by atoms with Gasteiger partial charge in [0.25, 0.3) is 5.91 Å². The van der Waals surface area contributed by atoms with E-state index in [-0.39, 0.29) is 5.91 Å². The Morgan fingerprint density at radius 2 is 1.73 bits per heavy atom. The minimum atomic E-state index is -0.332. The monoisotopic (exact) mass is 437 g/mol. The second-order valence-corrected chi connectivity index (χ2v) is 7.13. The molecule has 1 amide bonds. The lowest BCUT2D eigenvalue weighted by molar-refractivity contribution is 0.0956. The number of methoxy groups -OCH3 is 2. The highest BCUT2D eigenvalue weighted by Gasteiger charge is 2.16. The van der Waals surface area contributed by atoms with Crippen molar-refractivity contribution in [2.45, 2.75) is 0 Å². The number of ether oxygens (including phenoxy) is 2. The molecule has 0 aliphatic rings. The lowest BCUT2D eigenvalue weighted by Crippen LogP contribution is -2.18. The molecule has 164 valence electrons. The summed E-state index contributed by atoms with van der Waals surface area (Å²) >= 11 is 0. The van der Waals surface area contributed by atoms with E-state index in [9.17, 15) is 4.79 Å². The number of benzene rings is 3. The number of carbonyl (C=O) groups excluding carboxylic acids is 1. The van der Waals surface area contributed by atoms with Crippen LogP contribution in [0.4, 0.5) is 0 Å². The Morgan fingerprint density at radius 3 is 2.52 bits per heavy atom. The van der Waals surface area contributed by atoms with Crippen molar-refractivity contribution in [2.75, 3.05) is 14.2 Å². The molecule has 0 saturated heterocycles. The quantitative estimate of drug-likeness (QED) is 0.313. The van der Waals surface area contributed by atoms with Gasteiger partial charge in [0.2, 0.25) is 0 Å². The minimum absolute atomic E-state index is 0.332. The number of aromatic nitrogens is 1. The van der Waals surface area contributed by atoms with E-state index in [2.05, 4.69) is 10.5 Å². The number of nitrogens with zero attached hydrogens (tertiary/aromatic N) is 2. The van der Waals surface area contributed by atoms with Gasteiger partial charge in [-0.3, -0.25) is 4.79 Å². The van der Waals surface area contributed by atoms with Crippen LogP contribution in [-0.4, -0.2) is 31.3 Å². The SMILES string of the molecule is COc1ccc(OC)c(-c2cc(C(=O)N/N=C/C=C/c3ccccc3)c3ccccc3n2)c1. The Bertz CT molecular complexity index is 1330. The number of amides is 1. The highest BCUT2D eigenvalue weighted by molar-refractivity contribution is 6.07. The second kappa shape index (κ2) is 10.2. The van der Waals surface area contributed by atoms with Gasteiger partial charge in [0, 0.05) is 17.2 Å². The fourth-order valence-electron chi connectivity index (χ4n) is 3.43. The lowest BCUT2D eigenvalue weighted by atomic mass is 10.0. The molecule has 3 aromatic carbocycles. The molecule has 0 bridgehead atoms. The molecular formula is C27H23N3O3. The first kappa shape index (κ1) is 21.8. The van der Waals surface area contributed by atoms with E-state index in [4.69, 9.17) is 14.5 Å². The van der Waals surface area contributed by atoms with E-state index in [1.807, 2.05) is 78.9 Å².